The summed E-state index contributed by atoms with van der Waals surface area (Å²) in [6.45, 7) is 0. The highest BCUT2D eigenvalue weighted by molar-refractivity contribution is 7.15. The Morgan fingerprint density at radius 1 is 1.64 bits per heavy atom. The highest BCUT2D eigenvalue weighted by Crippen LogP contribution is 2.47. The fourth-order valence-corrected chi connectivity index (χ4v) is 1.80. The van der Waals surface area contributed by atoms with Gasteiger partial charge in [-0.15, -0.1) is 10.2 Å². The molecule has 1 fully saturated rings. The van der Waals surface area contributed by atoms with Gasteiger partial charge in [-0.25, -0.2) is 0 Å². The van der Waals surface area contributed by atoms with E-state index in [1.54, 1.807) is 0 Å². The normalized spacial score (nSPS) is 27.9. The van der Waals surface area contributed by atoms with E-state index in [0.717, 1.165) is 11.4 Å². The largest absolute Gasteiger partial charge is 0.374 e. The monoisotopic (exact) mass is 166 g/mol. The van der Waals surface area contributed by atoms with Crippen molar-refractivity contribution in [1.29, 1.82) is 5.26 Å². The lowest BCUT2D eigenvalue weighted by Crippen LogP contribution is -1.81. The molecule has 1 saturated carbocycles. The molecular weight excluding hydrogens is 160 g/mol. The smallest absolute Gasteiger partial charge is 0.203 e. The van der Waals surface area contributed by atoms with Gasteiger partial charge in [-0.1, -0.05) is 11.3 Å². The SMILES string of the molecule is N#C[C@@H]1C[C@@H]1c1nnc(N)s1. The van der Waals surface area contributed by atoms with Crippen molar-refractivity contribution in [2.75, 3.05) is 5.73 Å². The van der Waals surface area contributed by atoms with Crippen LogP contribution in [0, 0.1) is 17.2 Å². The summed E-state index contributed by atoms with van der Waals surface area (Å²) in [7, 11) is 0. The number of aromatic nitrogens is 2. The molecule has 0 unspecified atom stereocenters. The van der Waals surface area contributed by atoms with Crippen molar-refractivity contribution < 1.29 is 0 Å². The third kappa shape index (κ3) is 1.05. The van der Waals surface area contributed by atoms with Crippen molar-refractivity contribution in [3.05, 3.63) is 5.01 Å². The minimum absolute atomic E-state index is 0.155. The van der Waals surface area contributed by atoms with Gasteiger partial charge in [-0.05, 0) is 6.42 Å². The molecule has 1 aliphatic carbocycles. The van der Waals surface area contributed by atoms with Crippen LogP contribution in [0.4, 0.5) is 5.13 Å². The number of hydrogen-bond acceptors (Lipinski definition) is 5. The summed E-state index contributed by atoms with van der Waals surface area (Å²) in [4.78, 5) is 0. The number of nitrogens with zero attached hydrogens (tertiary/aromatic N) is 3. The molecule has 0 saturated heterocycles. The number of anilines is 1. The Morgan fingerprint density at radius 3 is 2.91 bits per heavy atom. The highest BCUT2D eigenvalue weighted by atomic mass is 32.1. The van der Waals surface area contributed by atoms with E-state index >= 15 is 0 Å². The summed E-state index contributed by atoms with van der Waals surface area (Å²) in [5, 5.41) is 17.5. The average Bonchev–Trinajstić information content (AvgIpc) is 2.68. The fourth-order valence-electron chi connectivity index (χ4n) is 1.01. The summed E-state index contributed by atoms with van der Waals surface area (Å²) in [6, 6.07) is 2.19. The number of nitrogen functional groups attached to an aromatic ring is 1. The van der Waals surface area contributed by atoms with Crippen molar-refractivity contribution in [3.63, 3.8) is 0 Å². The van der Waals surface area contributed by atoms with Crippen LogP contribution < -0.4 is 5.73 Å². The number of hydrogen-bond donors (Lipinski definition) is 1. The average molecular weight is 166 g/mol. The van der Waals surface area contributed by atoms with Crippen molar-refractivity contribution in [1.82, 2.24) is 10.2 Å². The van der Waals surface area contributed by atoms with Crippen LogP contribution in [-0.2, 0) is 0 Å². The third-order valence-electron chi connectivity index (χ3n) is 1.73. The van der Waals surface area contributed by atoms with E-state index in [1.807, 2.05) is 0 Å². The fraction of sp³-hybridized carbons (Fsp3) is 0.500. The molecule has 1 aliphatic rings. The molecule has 0 radical (unpaired) electrons. The summed E-state index contributed by atoms with van der Waals surface area (Å²) in [6.07, 6.45) is 0.922. The van der Waals surface area contributed by atoms with Gasteiger partial charge >= 0.3 is 0 Å². The Hall–Kier alpha value is -1.15. The Kier molecular flexibility index (Phi) is 1.29. The summed E-state index contributed by atoms with van der Waals surface area (Å²) < 4.78 is 0. The van der Waals surface area contributed by atoms with Crippen LogP contribution >= 0.6 is 11.3 Å². The minimum Gasteiger partial charge on any atom is -0.374 e. The summed E-state index contributed by atoms with van der Waals surface area (Å²) >= 11 is 1.38. The third-order valence-corrected chi connectivity index (χ3v) is 2.61. The lowest BCUT2D eigenvalue weighted by Gasteiger charge is -1.81. The highest BCUT2D eigenvalue weighted by Gasteiger charge is 2.41. The number of nitriles is 1. The first-order valence-corrected chi connectivity index (χ1v) is 4.11. The van der Waals surface area contributed by atoms with Crippen LogP contribution in [0.3, 0.4) is 0 Å². The van der Waals surface area contributed by atoms with E-state index in [1.165, 1.54) is 11.3 Å². The van der Waals surface area contributed by atoms with Gasteiger partial charge in [0.1, 0.15) is 5.01 Å². The van der Waals surface area contributed by atoms with E-state index in [4.69, 9.17) is 11.0 Å². The molecule has 0 spiro atoms. The van der Waals surface area contributed by atoms with E-state index in [2.05, 4.69) is 16.3 Å². The minimum atomic E-state index is 0.155. The molecule has 56 valence electrons. The summed E-state index contributed by atoms with van der Waals surface area (Å²) in [5.41, 5.74) is 5.39. The Bertz CT molecular complexity index is 313. The molecule has 0 bridgehead atoms. The van der Waals surface area contributed by atoms with Gasteiger partial charge in [0.15, 0.2) is 0 Å². The molecule has 11 heavy (non-hydrogen) atoms. The predicted molar refractivity (Wildman–Crippen MR) is 40.8 cm³/mol. The van der Waals surface area contributed by atoms with E-state index in [9.17, 15) is 0 Å². The van der Waals surface area contributed by atoms with Crippen molar-refractivity contribution in [2.45, 2.75) is 12.3 Å². The quantitative estimate of drug-likeness (QED) is 0.667. The van der Waals surface area contributed by atoms with Gasteiger partial charge in [0.05, 0.1) is 12.0 Å². The molecule has 1 heterocycles. The van der Waals surface area contributed by atoms with Crippen LogP contribution in [0.2, 0.25) is 0 Å². The molecule has 0 amide bonds. The van der Waals surface area contributed by atoms with Gasteiger partial charge < -0.3 is 5.73 Å². The maximum absolute atomic E-state index is 8.52. The Labute approximate surface area is 67.7 Å². The topological polar surface area (TPSA) is 75.6 Å². The van der Waals surface area contributed by atoms with Crippen LogP contribution in [0.25, 0.3) is 0 Å². The molecule has 2 N–H and O–H groups in total. The molecule has 5 heteroatoms. The zero-order chi connectivity index (χ0) is 7.84. The molecule has 2 atom stereocenters. The number of nitrogens with two attached hydrogens (primary N) is 1. The van der Waals surface area contributed by atoms with Crippen LogP contribution in [-0.4, -0.2) is 10.2 Å². The molecule has 0 aromatic carbocycles. The van der Waals surface area contributed by atoms with Gasteiger partial charge in [0, 0.05) is 5.92 Å². The Balaban J connectivity index is 2.16. The van der Waals surface area contributed by atoms with E-state index in [0.29, 0.717) is 11.0 Å². The number of rotatable bonds is 1. The van der Waals surface area contributed by atoms with Gasteiger partial charge in [-0.2, -0.15) is 5.26 Å². The van der Waals surface area contributed by atoms with Gasteiger partial charge in [0.2, 0.25) is 5.13 Å². The maximum atomic E-state index is 8.52. The standard InChI is InChI=1S/C6H6N4S/c7-2-3-1-4(3)5-9-10-6(8)11-5/h3-4H,1H2,(H2,8,10)/t3-,4-/m0/s1. The molecule has 2 rings (SSSR count). The van der Waals surface area contributed by atoms with Crippen molar-refractivity contribution >= 4 is 16.5 Å². The molecule has 1 aromatic rings. The molecular formula is C6H6N4S. The first-order valence-electron chi connectivity index (χ1n) is 3.29. The second kappa shape index (κ2) is 2.17. The second-order valence-corrected chi connectivity index (χ2v) is 3.60. The van der Waals surface area contributed by atoms with Gasteiger partial charge in [0.25, 0.3) is 0 Å². The Morgan fingerprint density at radius 2 is 2.45 bits per heavy atom. The van der Waals surface area contributed by atoms with Crippen LogP contribution in [0.15, 0.2) is 0 Å². The van der Waals surface area contributed by atoms with Crippen molar-refractivity contribution in [3.8, 4) is 6.07 Å². The first-order chi connectivity index (χ1) is 5.31. The molecule has 0 aliphatic heterocycles. The van der Waals surface area contributed by atoms with Crippen LogP contribution in [0.1, 0.15) is 17.3 Å². The van der Waals surface area contributed by atoms with Crippen LogP contribution in [0.5, 0.6) is 0 Å². The predicted octanol–water partition coefficient (Wildman–Crippen LogP) is 0.747. The zero-order valence-electron chi connectivity index (χ0n) is 5.69. The van der Waals surface area contributed by atoms with Gasteiger partial charge in [-0.3, -0.25) is 0 Å². The maximum Gasteiger partial charge on any atom is 0.203 e. The van der Waals surface area contributed by atoms with E-state index in [-0.39, 0.29) is 5.92 Å². The summed E-state index contributed by atoms with van der Waals surface area (Å²) in [5.74, 6) is 0.470. The molecule has 4 nitrogen and oxygen atoms in total. The second-order valence-electron chi connectivity index (χ2n) is 2.56. The lowest BCUT2D eigenvalue weighted by atomic mass is 10.3. The lowest BCUT2D eigenvalue weighted by molar-refractivity contribution is 0.942. The van der Waals surface area contributed by atoms with Crippen molar-refractivity contribution in [2.24, 2.45) is 5.92 Å². The first kappa shape index (κ1) is 6.55. The zero-order valence-corrected chi connectivity index (χ0v) is 6.51. The van der Waals surface area contributed by atoms with E-state index < -0.39 is 0 Å². The molecule has 1 aromatic heterocycles.